The Morgan fingerprint density at radius 1 is 1.31 bits per heavy atom. The lowest BCUT2D eigenvalue weighted by Crippen LogP contribution is -2.21. The van der Waals surface area contributed by atoms with Crippen molar-refractivity contribution in [3.05, 3.63) is 42.0 Å². The van der Waals surface area contributed by atoms with Crippen LogP contribution < -0.4 is 5.32 Å². The number of hydrogen-bond donors (Lipinski definition) is 4. The van der Waals surface area contributed by atoms with E-state index in [-0.39, 0.29) is 24.3 Å². The van der Waals surface area contributed by atoms with Crippen LogP contribution in [0.1, 0.15) is 51.0 Å². The van der Waals surface area contributed by atoms with Gasteiger partial charge in [0, 0.05) is 18.0 Å². The van der Waals surface area contributed by atoms with E-state index in [4.69, 9.17) is 10.1 Å². The Kier molecular flexibility index (Phi) is 7.45. The second kappa shape index (κ2) is 10.0. The van der Waals surface area contributed by atoms with Crippen molar-refractivity contribution in [1.29, 1.82) is 0 Å². The maximum absolute atomic E-state index is 10.8. The topological polar surface area (TPSA) is 102 Å². The number of amidine groups is 1. The Labute approximate surface area is 172 Å². The summed E-state index contributed by atoms with van der Waals surface area (Å²) in [5, 5.41) is 32.8. The number of fused-ring (bicyclic) bond motifs is 1. The molecule has 1 aliphatic carbocycles. The lowest BCUT2D eigenvalue weighted by Gasteiger charge is -2.18. The Morgan fingerprint density at radius 3 is 2.76 bits per heavy atom. The Morgan fingerprint density at radius 2 is 2.07 bits per heavy atom. The quantitative estimate of drug-likeness (QED) is 0.376. The number of carboxylic acids is 1. The average Bonchev–Trinajstić information content (AvgIpc) is 3.17. The van der Waals surface area contributed by atoms with E-state index < -0.39 is 18.2 Å². The van der Waals surface area contributed by atoms with Gasteiger partial charge >= 0.3 is 5.97 Å². The first kappa shape index (κ1) is 21.5. The molecule has 6 heteroatoms. The van der Waals surface area contributed by atoms with Crippen LogP contribution in [0.2, 0.25) is 0 Å². The summed E-state index contributed by atoms with van der Waals surface area (Å²) in [6.07, 6.45) is 8.45. The number of carboxylic acid groups (broad SMARTS) is 1. The van der Waals surface area contributed by atoms with Crippen LogP contribution in [0, 0.1) is 11.8 Å². The van der Waals surface area contributed by atoms with Gasteiger partial charge in [0.2, 0.25) is 0 Å². The van der Waals surface area contributed by atoms with Gasteiger partial charge in [-0.2, -0.15) is 0 Å². The number of nitrogens with zero attached hydrogens (tertiary/aromatic N) is 1. The number of aliphatic hydroxyl groups is 2. The first-order valence-electron chi connectivity index (χ1n) is 10.6. The zero-order chi connectivity index (χ0) is 20.8. The molecule has 1 aliphatic heterocycles. The Balaban J connectivity index is 1.55. The molecule has 0 bridgehead atoms. The average molecular weight is 401 g/mol. The molecule has 1 saturated carbocycles. The number of aliphatic hydroxyl groups excluding tert-OH is 2. The number of unbranched alkanes of at least 4 members (excludes halogenated alkanes) is 2. The maximum atomic E-state index is 10.8. The van der Waals surface area contributed by atoms with E-state index in [1.807, 2.05) is 36.4 Å². The molecule has 0 spiro atoms. The summed E-state index contributed by atoms with van der Waals surface area (Å²) < 4.78 is 0. The molecule has 4 N–H and O–H groups in total. The van der Waals surface area contributed by atoms with Crippen LogP contribution in [0.5, 0.6) is 0 Å². The fourth-order valence-corrected chi connectivity index (χ4v) is 4.38. The molecular weight excluding hydrogens is 368 g/mol. The highest BCUT2D eigenvalue weighted by molar-refractivity contribution is 5.97. The van der Waals surface area contributed by atoms with Crippen molar-refractivity contribution in [1.82, 2.24) is 0 Å². The molecule has 1 heterocycles. The summed E-state index contributed by atoms with van der Waals surface area (Å²) in [4.78, 5) is 15.5. The minimum atomic E-state index is -0.841. The number of carbonyl (C=O) groups is 1. The van der Waals surface area contributed by atoms with Gasteiger partial charge in [-0.15, -0.1) is 0 Å². The highest BCUT2D eigenvalue weighted by atomic mass is 16.4. The van der Waals surface area contributed by atoms with Gasteiger partial charge in [-0.05, 0) is 36.5 Å². The normalized spacial score (nSPS) is 27.1. The summed E-state index contributed by atoms with van der Waals surface area (Å²) in [5.74, 6) is 0.325. The molecule has 5 atom stereocenters. The molecule has 1 aromatic rings. The van der Waals surface area contributed by atoms with E-state index in [1.165, 1.54) is 0 Å². The standard InChI is InChI=1S/C23H32N2O4/c1-2-3-4-5-17(26)10-11-18-19-13-22(25-20(19)14-21(18)27)24-16-8-6-15(7-9-16)12-23(28)29/h6-11,17-21,26-27H,2-5,12-14H2,1H3,(H,24,25)(H,28,29). The summed E-state index contributed by atoms with van der Waals surface area (Å²) in [6.45, 7) is 2.15. The molecular formula is C23H32N2O4. The molecule has 0 radical (unpaired) electrons. The van der Waals surface area contributed by atoms with Crippen molar-refractivity contribution in [2.75, 3.05) is 5.32 Å². The van der Waals surface area contributed by atoms with Crippen LogP contribution in [-0.4, -0.2) is 45.4 Å². The molecule has 0 saturated heterocycles. The highest BCUT2D eigenvalue weighted by Crippen LogP contribution is 2.41. The molecule has 29 heavy (non-hydrogen) atoms. The van der Waals surface area contributed by atoms with Gasteiger partial charge in [-0.25, -0.2) is 0 Å². The number of nitrogens with one attached hydrogen (secondary N) is 1. The second-order valence-electron chi connectivity index (χ2n) is 8.23. The van der Waals surface area contributed by atoms with Crippen molar-refractivity contribution >= 4 is 17.5 Å². The van der Waals surface area contributed by atoms with E-state index in [1.54, 1.807) is 0 Å². The van der Waals surface area contributed by atoms with Gasteiger partial charge in [-0.3, -0.25) is 9.79 Å². The molecule has 1 fully saturated rings. The van der Waals surface area contributed by atoms with Crippen LogP contribution in [-0.2, 0) is 11.2 Å². The number of benzene rings is 1. The monoisotopic (exact) mass is 400 g/mol. The van der Waals surface area contributed by atoms with E-state index in [0.29, 0.717) is 6.42 Å². The summed E-state index contributed by atoms with van der Waals surface area (Å²) in [7, 11) is 0. The number of aliphatic imine (C=N–C) groups is 1. The number of hydrogen-bond acceptors (Lipinski definition) is 5. The Hall–Kier alpha value is -2.18. The fraction of sp³-hybridized carbons (Fsp3) is 0.565. The Bertz CT molecular complexity index is 744. The van der Waals surface area contributed by atoms with E-state index in [9.17, 15) is 15.0 Å². The van der Waals surface area contributed by atoms with Crippen LogP contribution in [0.4, 0.5) is 5.69 Å². The SMILES string of the molecule is CCCCCC(O)C=CC1C(O)CC2N=C(Nc3ccc(CC(=O)O)cc3)CC21. The van der Waals surface area contributed by atoms with Crippen LogP contribution in [0.25, 0.3) is 0 Å². The number of rotatable bonds is 9. The molecule has 158 valence electrons. The molecule has 6 nitrogen and oxygen atoms in total. The lowest BCUT2D eigenvalue weighted by atomic mass is 9.90. The smallest absolute Gasteiger partial charge is 0.307 e. The van der Waals surface area contributed by atoms with Gasteiger partial charge < -0.3 is 20.6 Å². The van der Waals surface area contributed by atoms with E-state index in [2.05, 4.69) is 12.2 Å². The summed E-state index contributed by atoms with van der Waals surface area (Å²) in [6, 6.07) is 7.46. The lowest BCUT2D eigenvalue weighted by molar-refractivity contribution is -0.136. The van der Waals surface area contributed by atoms with Crippen LogP contribution in [0.3, 0.4) is 0 Å². The van der Waals surface area contributed by atoms with Gasteiger partial charge in [0.15, 0.2) is 0 Å². The zero-order valence-corrected chi connectivity index (χ0v) is 17.0. The molecule has 1 aromatic carbocycles. The second-order valence-corrected chi connectivity index (χ2v) is 8.23. The maximum Gasteiger partial charge on any atom is 0.307 e. The van der Waals surface area contributed by atoms with Gasteiger partial charge in [0.25, 0.3) is 0 Å². The number of anilines is 1. The van der Waals surface area contributed by atoms with E-state index in [0.717, 1.165) is 49.2 Å². The molecule has 2 aliphatic rings. The van der Waals surface area contributed by atoms with Crippen molar-refractivity contribution in [3.8, 4) is 0 Å². The van der Waals surface area contributed by atoms with Crippen molar-refractivity contribution in [3.63, 3.8) is 0 Å². The van der Waals surface area contributed by atoms with Gasteiger partial charge in [0.1, 0.15) is 5.84 Å². The highest BCUT2D eigenvalue weighted by Gasteiger charge is 2.44. The fourth-order valence-electron chi connectivity index (χ4n) is 4.38. The van der Waals surface area contributed by atoms with E-state index >= 15 is 0 Å². The number of aliphatic carboxylic acids is 1. The molecule has 0 aromatic heterocycles. The minimum Gasteiger partial charge on any atom is -0.481 e. The summed E-state index contributed by atoms with van der Waals surface area (Å²) >= 11 is 0. The summed E-state index contributed by atoms with van der Waals surface area (Å²) in [5.41, 5.74) is 1.65. The third-order valence-corrected chi connectivity index (χ3v) is 5.92. The van der Waals surface area contributed by atoms with Crippen LogP contribution in [0.15, 0.2) is 41.4 Å². The zero-order valence-electron chi connectivity index (χ0n) is 17.0. The predicted octanol–water partition coefficient (Wildman–Crippen LogP) is 3.39. The molecule has 3 rings (SSSR count). The molecule has 0 amide bonds. The predicted molar refractivity (Wildman–Crippen MR) is 114 cm³/mol. The molecule has 5 unspecified atom stereocenters. The van der Waals surface area contributed by atoms with Crippen molar-refractivity contribution in [2.45, 2.75) is 70.1 Å². The third kappa shape index (κ3) is 5.90. The van der Waals surface area contributed by atoms with Gasteiger partial charge in [-0.1, -0.05) is 50.5 Å². The minimum absolute atomic E-state index is 0.0154. The first-order chi connectivity index (χ1) is 14.0. The van der Waals surface area contributed by atoms with Gasteiger partial charge in [0.05, 0.1) is 24.7 Å². The largest absolute Gasteiger partial charge is 0.481 e. The van der Waals surface area contributed by atoms with Crippen molar-refractivity contribution in [2.24, 2.45) is 16.8 Å². The first-order valence-corrected chi connectivity index (χ1v) is 10.6. The third-order valence-electron chi connectivity index (χ3n) is 5.92. The van der Waals surface area contributed by atoms with Crippen molar-refractivity contribution < 1.29 is 20.1 Å². The van der Waals surface area contributed by atoms with Crippen LogP contribution >= 0.6 is 0 Å².